The highest BCUT2D eigenvalue weighted by atomic mass is 16.1. The second-order valence-corrected chi connectivity index (χ2v) is 4.74. The molecule has 0 aliphatic rings. The van der Waals surface area contributed by atoms with Crippen LogP contribution in [0.25, 0.3) is 6.08 Å². The molecule has 2 rings (SSSR count). The van der Waals surface area contributed by atoms with Crippen LogP contribution in [-0.4, -0.2) is 5.91 Å². The molecule has 0 aromatic heterocycles. The minimum absolute atomic E-state index is 0.143. The molecule has 0 saturated heterocycles. The van der Waals surface area contributed by atoms with Crippen LogP contribution in [0.5, 0.6) is 0 Å². The van der Waals surface area contributed by atoms with Crippen molar-refractivity contribution in [3.05, 3.63) is 65.2 Å². The van der Waals surface area contributed by atoms with E-state index in [1.807, 2.05) is 56.3 Å². The van der Waals surface area contributed by atoms with Crippen molar-refractivity contribution in [3.63, 3.8) is 0 Å². The lowest BCUT2D eigenvalue weighted by Gasteiger charge is -2.08. The van der Waals surface area contributed by atoms with Gasteiger partial charge in [0.2, 0.25) is 5.91 Å². The second kappa shape index (κ2) is 6.06. The molecular weight excluding hydrogens is 248 g/mol. The Morgan fingerprint density at radius 2 is 1.80 bits per heavy atom. The maximum Gasteiger partial charge on any atom is 0.248 e. The first-order chi connectivity index (χ1) is 9.56. The van der Waals surface area contributed by atoms with Gasteiger partial charge in [0.05, 0.1) is 0 Å². The molecule has 0 spiro atoms. The Hall–Kier alpha value is -2.55. The number of carbonyl (C=O) groups is 1. The molecule has 3 heteroatoms. The standard InChI is InChI=1S/C17H18N2O/c1-12-4-3-5-16(13(12)2)19-17(20)11-8-14-6-9-15(18)10-7-14/h3-11H,18H2,1-2H3,(H,19,20)/b11-8+. The normalized spacial score (nSPS) is 10.7. The number of carbonyl (C=O) groups excluding carboxylic acids is 1. The molecule has 2 aromatic carbocycles. The van der Waals surface area contributed by atoms with Crippen LogP contribution < -0.4 is 11.1 Å². The van der Waals surface area contributed by atoms with Gasteiger partial charge in [0.1, 0.15) is 0 Å². The molecule has 1 amide bonds. The van der Waals surface area contributed by atoms with Crippen molar-refractivity contribution in [1.82, 2.24) is 0 Å². The highest BCUT2D eigenvalue weighted by Gasteiger charge is 2.02. The second-order valence-electron chi connectivity index (χ2n) is 4.74. The molecule has 0 heterocycles. The third-order valence-corrected chi connectivity index (χ3v) is 3.23. The molecule has 20 heavy (non-hydrogen) atoms. The summed E-state index contributed by atoms with van der Waals surface area (Å²) in [5, 5.41) is 2.88. The number of hydrogen-bond acceptors (Lipinski definition) is 2. The van der Waals surface area contributed by atoms with Crippen molar-refractivity contribution >= 4 is 23.4 Å². The Morgan fingerprint density at radius 1 is 1.10 bits per heavy atom. The van der Waals surface area contributed by atoms with E-state index >= 15 is 0 Å². The van der Waals surface area contributed by atoms with Gasteiger partial charge in [-0.3, -0.25) is 4.79 Å². The van der Waals surface area contributed by atoms with Gasteiger partial charge in [-0.05, 0) is 54.8 Å². The van der Waals surface area contributed by atoms with Crippen LogP contribution in [0.3, 0.4) is 0 Å². The maximum absolute atomic E-state index is 11.9. The summed E-state index contributed by atoms with van der Waals surface area (Å²) in [6, 6.07) is 13.2. The highest BCUT2D eigenvalue weighted by Crippen LogP contribution is 2.18. The van der Waals surface area contributed by atoms with E-state index in [0.717, 1.165) is 22.4 Å². The number of nitrogens with two attached hydrogens (primary N) is 1. The van der Waals surface area contributed by atoms with Crippen LogP contribution in [0.15, 0.2) is 48.5 Å². The third kappa shape index (κ3) is 3.48. The van der Waals surface area contributed by atoms with E-state index in [4.69, 9.17) is 5.73 Å². The molecular formula is C17H18N2O. The van der Waals surface area contributed by atoms with Crippen LogP contribution in [0, 0.1) is 13.8 Å². The quantitative estimate of drug-likeness (QED) is 0.659. The number of amides is 1. The fraction of sp³-hybridized carbons (Fsp3) is 0.118. The van der Waals surface area contributed by atoms with Crippen LogP contribution in [0.4, 0.5) is 11.4 Å². The van der Waals surface area contributed by atoms with Crippen molar-refractivity contribution in [2.24, 2.45) is 0 Å². The lowest BCUT2D eigenvalue weighted by molar-refractivity contribution is -0.111. The Kier molecular flexibility index (Phi) is 4.20. The predicted molar refractivity (Wildman–Crippen MR) is 84.4 cm³/mol. The first kappa shape index (κ1) is 13.9. The summed E-state index contributed by atoms with van der Waals surface area (Å²) in [4.78, 5) is 11.9. The molecule has 0 saturated carbocycles. The zero-order valence-electron chi connectivity index (χ0n) is 11.7. The first-order valence-corrected chi connectivity index (χ1v) is 6.47. The molecule has 0 atom stereocenters. The van der Waals surface area contributed by atoms with E-state index in [9.17, 15) is 4.79 Å². The molecule has 0 aliphatic carbocycles. The number of nitrogens with one attached hydrogen (secondary N) is 1. The molecule has 0 unspecified atom stereocenters. The van der Waals surface area contributed by atoms with E-state index in [0.29, 0.717) is 5.69 Å². The van der Waals surface area contributed by atoms with Gasteiger partial charge in [-0.1, -0.05) is 24.3 Å². The summed E-state index contributed by atoms with van der Waals surface area (Å²) in [5.41, 5.74) is 10.3. The highest BCUT2D eigenvalue weighted by molar-refractivity contribution is 6.02. The van der Waals surface area contributed by atoms with Crippen molar-refractivity contribution in [3.8, 4) is 0 Å². The zero-order valence-corrected chi connectivity index (χ0v) is 11.7. The Labute approximate surface area is 119 Å². The van der Waals surface area contributed by atoms with Crippen LogP contribution >= 0.6 is 0 Å². The smallest absolute Gasteiger partial charge is 0.248 e. The summed E-state index contributed by atoms with van der Waals surface area (Å²) in [6.07, 6.45) is 3.28. The number of hydrogen-bond donors (Lipinski definition) is 2. The number of nitrogen functional groups attached to an aromatic ring is 1. The zero-order chi connectivity index (χ0) is 14.5. The SMILES string of the molecule is Cc1cccc(NC(=O)/C=C/c2ccc(N)cc2)c1C. The minimum atomic E-state index is -0.143. The van der Waals surface area contributed by atoms with Crippen molar-refractivity contribution in [2.45, 2.75) is 13.8 Å². The molecule has 0 aliphatic heterocycles. The van der Waals surface area contributed by atoms with Crippen molar-refractivity contribution in [2.75, 3.05) is 11.1 Å². The van der Waals surface area contributed by atoms with E-state index in [-0.39, 0.29) is 5.91 Å². The van der Waals surface area contributed by atoms with Gasteiger partial charge >= 0.3 is 0 Å². The van der Waals surface area contributed by atoms with E-state index in [1.165, 1.54) is 6.08 Å². The first-order valence-electron chi connectivity index (χ1n) is 6.47. The Bertz CT molecular complexity index is 643. The van der Waals surface area contributed by atoms with Crippen molar-refractivity contribution in [1.29, 1.82) is 0 Å². The molecule has 0 fully saturated rings. The number of aryl methyl sites for hydroxylation is 1. The monoisotopic (exact) mass is 266 g/mol. The lowest BCUT2D eigenvalue weighted by Crippen LogP contribution is -2.09. The van der Waals surface area contributed by atoms with Crippen molar-refractivity contribution < 1.29 is 4.79 Å². The number of benzene rings is 2. The summed E-state index contributed by atoms with van der Waals surface area (Å²) < 4.78 is 0. The summed E-state index contributed by atoms with van der Waals surface area (Å²) in [5.74, 6) is -0.143. The van der Waals surface area contributed by atoms with E-state index < -0.39 is 0 Å². The van der Waals surface area contributed by atoms with E-state index in [1.54, 1.807) is 6.08 Å². The van der Waals surface area contributed by atoms with E-state index in [2.05, 4.69) is 5.32 Å². The van der Waals surface area contributed by atoms with Gasteiger partial charge in [0.15, 0.2) is 0 Å². The number of rotatable bonds is 3. The number of anilines is 2. The lowest BCUT2D eigenvalue weighted by atomic mass is 10.1. The Morgan fingerprint density at radius 3 is 2.50 bits per heavy atom. The molecule has 2 aromatic rings. The summed E-state index contributed by atoms with van der Waals surface area (Å²) >= 11 is 0. The summed E-state index contributed by atoms with van der Waals surface area (Å²) in [7, 11) is 0. The van der Waals surface area contributed by atoms with Crippen LogP contribution in [0.2, 0.25) is 0 Å². The third-order valence-electron chi connectivity index (χ3n) is 3.23. The van der Waals surface area contributed by atoms with Gasteiger partial charge < -0.3 is 11.1 Å². The average Bonchev–Trinajstić information content (AvgIpc) is 2.43. The fourth-order valence-electron chi connectivity index (χ4n) is 1.84. The van der Waals surface area contributed by atoms with Crippen LogP contribution in [0.1, 0.15) is 16.7 Å². The molecule has 3 N–H and O–H groups in total. The summed E-state index contributed by atoms with van der Waals surface area (Å²) in [6.45, 7) is 4.02. The van der Waals surface area contributed by atoms with Gasteiger partial charge in [0, 0.05) is 17.5 Å². The molecule has 0 bridgehead atoms. The Balaban J connectivity index is 2.05. The van der Waals surface area contributed by atoms with Gasteiger partial charge in [-0.25, -0.2) is 0 Å². The van der Waals surface area contributed by atoms with Gasteiger partial charge in [-0.15, -0.1) is 0 Å². The minimum Gasteiger partial charge on any atom is -0.399 e. The van der Waals surface area contributed by atoms with Gasteiger partial charge in [0.25, 0.3) is 0 Å². The molecule has 0 radical (unpaired) electrons. The molecule has 3 nitrogen and oxygen atoms in total. The largest absolute Gasteiger partial charge is 0.399 e. The average molecular weight is 266 g/mol. The fourth-order valence-corrected chi connectivity index (χ4v) is 1.84. The van der Waals surface area contributed by atoms with Crippen LogP contribution in [-0.2, 0) is 4.79 Å². The topological polar surface area (TPSA) is 55.1 Å². The predicted octanol–water partition coefficient (Wildman–Crippen LogP) is 3.54. The van der Waals surface area contributed by atoms with Gasteiger partial charge in [-0.2, -0.15) is 0 Å². The maximum atomic E-state index is 11.9. The molecule has 102 valence electrons.